The van der Waals surface area contributed by atoms with Crippen molar-refractivity contribution in [3.8, 4) is 0 Å². The van der Waals surface area contributed by atoms with Gasteiger partial charge in [0.2, 0.25) is 0 Å². The van der Waals surface area contributed by atoms with Crippen LogP contribution in [0.2, 0.25) is 4.34 Å². The summed E-state index contributed by atoms with van der Waals surface area (Å²) in [4.78, 5) is 1.26. The van der Waals surface area contributed by atoms with E-state index in [4.69, 9.17) is 11.6 Å². The molecule has 0 aliphatic heterocycles. The van der Waals surface area contributed by atoms with Gasteiger partial charge in [-0.25, -0.2) is 0 Å². The maximum absolute atomic E-state index is 5.90. The van der Waals surface area contributed by atoms with Crippen molar-refractivity contribution in [3.05, 3.63) is 55.6 Å². The minimum atomic E-state index is 0.327. The molecule has 0 aliphatic carbocycles. The highest BCUT2D eigenvalue weighted by atomic mass is 79.9. The van der Waals surface area contributed by atoms with Gasteiger partial charge in [-0.05, 0) is 36.8 Å². The first kappa shape index (κ1) is 13.1. The summed E-state index contributed by atoms with van der Waals surface area (Å²) < 4.78 is 1.96. The topological polar surface area (TPSA) is 12.0 Å². The average molecular weight is 331 g/mol. The third kappa shape index (κ3) is 3.81. The van der Waals surface area contributed by atoms with Gasteiger partial charge in [0.25, 0.3) is 0 Å². The Morgan fingerprint density at radius 3 is 2.82 bits per heavy atom. The fourth-order valence-electron chi connectivity index (χ4n) is 1.59. The monoisotopic (exact) mass is 329 g/mol. The molecule has 0 saturated carbocycles. The van der Waals surface area contributed by atoms with Crippen LogP contribution in [0.15, 0.2) is 40.9 Å². The van der Waals surface area contributed by atoms with Crippen LogP contribution in [0.3, 0.4) is 0 Å². The van der Waals surface area contributed by atoms with Crippen molar-refractivity contribution >= 4 is 38.9 Å². The van der Waals surface area contributed by atoms with E-state index in [-0.39, 0.29) is 0 Å². The molecule has 2 aromatic rings. The van der Waals surface area contributed by atoms with Crippen LogP contribution < -0.4 is 5.32 Å². The SMILES string of the molecule is C[C@@H](NCc1ccc(Cl)s1)c1cccc(Br)c1. The summed E-state index contributed by atoms with van der Waals surface area (Å²) >= 11 is 11.0. The summed E-state index contributed by atoms with van der Waals surface area (Å²) in [5.74, 6) is 0. The molecule has 0 aliphatic rings. The van der Waals surface area contributed by atoms with Gasteiger partial charge in [0.05, 0.1) is 4.34 Å². The van der Waals surface area contributed by atoms with Gasteiger partial charge in [-0.3, -0.25) is 0 Å². The van der Waals surface area contributed by atoms with Gasteiger partial charge in [-0.2, -0.15) is 0 Å². The highest BCUT2D eigenvalue weighted by Crippen LogP contribution is 2.23. The molecule has 1 N–H and O–H groups in total. The summed E-state index contributed by atoms with van der Waals surface area (Å²) in [5, 5.41) is 3.49. The lowest BCUT2D eigenvalue weighted by atomic mass is 10.1. The highest BCUT2D eigenvalue weighted by Gasteiger charge is 2.06. The highest BCUT2D eigenvalue weighted by molar-refractivity contribution is 9.10. The Hall–Kier alpha value is -0.350. The zero-order valence-electron chi connectivity index (χ0n) is 9.41. The normalized spacial score (nSPS) is 12.6. The van der Waals surface area contributed by atoms with Crippen LogP contribution in [-0.2, 0) is 6.54 Å². The molecular formula is C13H13BrClNS. The third-order valence-electron chi connectivity index (χ3n) is 2.56. The molecule has 2 rings (SSSR count). The van der Waals surface area contributed by atoms with Gasteiger partial charge < -0.3 is 5.32 Å². The Bertz CT molecular complexity index is 498. The molecule has 1 atom stereocenters. The zero-order valence-corrected chi connectivity index (χ0v) is 12.6. The van der Waals surface area contributed by atoms with E-state index >= 15 is 0 Å². The maximum Gasteiger partial charge on any atom is 0.0931 e. The molecule has 0 spiro atoms. The summed E-state index contributed by atoms with van der Waals surface area (Å²) in [6.45, 7) is 3.02. The molecule has 1 heterocycles. The first-order chi connectivity index (χ1) is 8.15. The van der Waals surface area contributed by atoms with E-state index in [1.54, 1.807) is 11.3 Å². The van der Waals surface area contributed by atoms with Gasteiger partial charge in [0, 0.05) is 21.9 Å². The van der Waals surface area contributed by atoms with Crippen molar-refractivity contribution in [2.45, 2.75) is 19.5 Å². The van der Waals surface area contributed by atoms with E-state index in [1.165, 1.54) is 10.4 Å². The van der Waals surface area contributed by atoms with Gasteiger partial charge in [-0.15, -0.1) is 11.3 Å². The number of rotatable bonds is 4. The molecule has 0 saturated heterocycles. The molecule has 17 heavy (non-hydrogen) atoms. The van der Waals surface area contributed by atoms with E-state index in [9.17, 15) is 0 Å². The largest absolute Gasteiger partial charge is 0.305 e. The number of hydrogen-bond donors (Lipinski definition) is 1. The number of nitrogens with one attached hydrogen (secondary N) is 1. The van der Waals surface area contributed by atoms with E-state index in [1.807, 2.05) is 12.1 Å². The first-order valence-electron chi connectivity index (χ1n) is 5.38. The standard InChI is InChI=1S/C13H13BrClNS/c1-9(10-3-2-4-11(14)7-10)16-8-12-5-6-13(15)17-12/h2-7,9,16H,8H2,1H3/t9-/m1/s1. The molecule has 0 unspecified atom stereocenters. The Labute approximate surface area is 119 Å². The lowest BCUT2D eigenvalue weighted by Crippen LogP contribution is -2.17. The minimum Gasteiger partial charge on any atom is -0.305 e. The van der Waals surface area contributed by atoms with E-state index < -0.39 is 0 Å². The third-order valence-corrected chi connectivity index (χ3v) is 4.28. The van der Waals surface area contributed by atoms with Crippen LogP contribution in [0, 0.1) is 0 Å². The quantitative estimate of drug-likeness (QED) is 0.830. The Balaban J connectivity index is 1.95. The lowest BCUT2D eigenvalue weighted by Gasteiger charge is -2.13. The molecule has 1 nitrogen and oxygen atoms in total. The van der Waals surface area contributed by atoms with Gasteiger partial charge in [0.1, 0.15) is 0 Å². The predicted molar refractivity (Wildman–Crippen MR) is 78.7 cm³/mol. The van der Waals surface area contributed by atoms with Crippen LogP contribution in [0.5, 0.6) is 0 Å². The van der Waals surface area contributed by atoms with Crippen molar-refractivity contribution in [1.82, 2.24) is 5.32 Å². The predicted octanol–water partition coefficient (Wildman–Crippen LogP) is 5.01. The molecule has 90 valence electrons. The van der Waals surface area contributed by atoms with Crippen LogP contribution in [0.4, 0.5) is 0 Å². The van der Waals surface area contributed by atoms with E-state index in [2.05, 4.69) is 52.4 Å². The van der Waals surface area contributed by atoms with E-state index in [0.29, 0.717) is 6.04 Å². The van der Waals surface area contributed by atoms with Gasteiger partial charge in [-0.1, -0.05) is 39.7 Å². The zero-order chi connectivity index (χ0) is 12.3. The summed E-state index contributed by atoms with van der Waals surface area (Å²) in [7, 11) is 0. The molecule has 0 amide bonds. The summed E-state index contributed by atoms with van der Waals surface area (Å²) in [5.41, 5.74) is 1.28. The van der Waals surface area contributed by atoms with Crippen LogP contribution in [0.25, 0.3) is 0 Å². The van der Waals surface area contributed by atoms with Crippen molar-refractivity contribution in [2.75, 3.05) is 0 Å². The Morgan fingerprint density at radius 2 is 2.18 bits per heavy atom. The average Bonchev–Trinajstić information content (AvgIpc) is 2.72. The second-order valence-corrected chi connectivity index (χ2v) is 6.58. The maximum atomic E-state index is 5.90. The Kier molecular flexibility index (Phi) is 4.62. The number of benzene rings is 1. The first-order valence-corrected chi connectivity index (χ1v) is 7.37. The number of hydrogen-bond acceptors (Lipinski definition) is 2. The van der Waals surface area contributed by atoms with Crippen molar-refractivity contribution in [2.24, 2.45) is 0 Å². The van der Waals surface area contributed by atoms with Crippen LogP contribution in [-0.4, -0.2) is 0 Å². The molecule has 0 fully saturated rings. The number of thiophene rings is 1. The molecular weight excluding hydrogens is 318 g/mol. The second kappa shape index (κ2) is 6.01. The van der Waals surface area contributed by atoms with Crippen molar-refractivity contribution in [1.29, 1.82) is 0 Å². The van der Waals surface area contributed by atoms with Gasteiger partial charge >= 0.3 is 0 Å². The smallest absolute Gasteiger partial charge is 0.0931 e. The fourth-order valence-corrected chi connectivity index (χ4v) is 3.05. The van der Waals surface area contributed by atoms with Crippen LogP contribution >= 0.6 is 38.9 Å². The lowest BCUT2D eigenvalue weighted by molar-refractivity contribution is 0.578. The molecule has 4 heteroatoms. The van der Waals surface area contributed by atoms with Crippen LogP contribution in [0.1, 0.15) is 23.4 Å². The number of halogens is 2. The molecule has 0 radical (unpaired) electrons. The molecule has 1 aromatic carbocycles. The fraction of sp³-hybridized carbons (Fsp3) is 0.231. The second-order valence-electron chi connectivity index (χ2n) is 3.86. The molecule has 1 aromatic heterocycles. The summed E-state index contributed by atoms with van der Waals surface area (Å²) in [6, 6.07) is 12.7. The van der Waals surface area contributed by atoms with E-state index in [0.717, 1.165) is 15.4 Å². The Morgan fingerprint density at radius 1 is 1.35 bits per heavy atom. The van der Waals surface area contributed by atoms with Crippen molar-refractivity contribution < 1.29 is 0 Å². The summed E-state index contributed by atoms with van der Waals surface area (Å²) in [6.07, 6.45) is 0. The minimum absolute atomic E-state index is 0.327. The van der Waals surface area contributed by atoms with Crippen molar-refractivity contribution in [3.63, 3.8) is 0 Å². The van der Waals surface area contributed by atoms with Gasteiger partial charge in [0.15, 0.2) is 0 Å². The molecule has 0 bridgehead atoms.